The molecule has 1 aliphatic heterocycles. The Morgan fingerprint density at radius 2 is 2.00 bits per heavy atom. The molecule has 0 radical (unpaired) electrons. The maximum atomic E-state index is 6.47. The van der Waals surface area contributed by atoms with E-state index < -0.39 is 0 Å². The van der Waals surface area contributed by atoms with Crippen LogP contribution in [0.5, 0.6) is 0 Å². The number of halogens is 1. The number of hydrogen-bond acceptors (Lipinski definition) is 4. The number of hydrogen-bond donors (Lipinski definition) is 2. The van der Waals surface area contributed by atoms with Crippen LogP contribution in [0.2, 0.25) is 5.02 Å². The highest BCUT2D eigenvalue weighted by atomic mass is 35.5. The number of benzene rings is 1. The minimum absolute atomic E-state index is 0.143. The Hall–Kier alpha value is -1.37. The Morgan fingerprint density at radius 3 is 2.54 bits per heavy atom. The van der Waals surface area contributed by atoms with Crippen molar-refractivity contribution in [2.45, 2.75) is 32.7 Å². The van der Waals surface area contributed by atoms with Crippen LogP contribution >= 0.6 is 23.8 Å². The summed E-state index contributed by atoms with van der Waals surface area (Å²) >= 11 is 11.2. The summed E-state index contributed by atoms with van der Waals surface area (Å²) in [6, 6.07) is 6.66. The lowest BCUT2D eigenvalue weighted by Crippen LogP contribution is -2.50. The molecule has 1 aromatic carbocycles. The molecule has 1 saturated heterocycles. The van der Waals surface area contributed by atoms with Crippen LogP contribution < -0.4 is 16.1 Å². The SMILES string of the molecule is CCC(CC)N1CCN(c2ccc(C=NNC(N)=S)cc2Cl)CC1. The van der Waals surface area contributed by atoms with E-state index in [2.05, 4.69) is 40.2 Å². The zero-order valence-electron chi connectivity index (χ0n) is 14.3. The van der Waals surface area contributed by atoms with Crippen molar-refractivity contribution in [1.82, 2.24) is 10.3 Å². The van der Waals surface area contributed by atoms with E-state index in [0.717, 1.165) is 42.5 Å². The Labute approximate surface area is 154 Å². The number of anilines is 1. The monoisotopic (exact) mass is 367 g/mol. The van der Waals surface area contributed by atoms with Gasteiger partial charge in [0.15, 0.2) is 5.11 Å². The summed E-state index contributed by atoms with van der Waals surface area (Å²) < 4.78 is 0. The van der Waals surface area contributed by atoms with E-state index in [1.807, 2.05) is 12.1 Å². The third-order valence-corrected chi connectivity index (χ3v) is 4.87. The van der Waals surface area contributed by atoms with Gasteiger partial charge in [-0.25, -0.2) is 0 Å². The largest absolute Gasteiger partial charge is 0.375 e. The third-order valence-electron chi connectivity index (χ3n) is 4.47. The van der Waals surface area contributed by atoms with Crippen LogP contribution in [0.25, 0.3) is 0 Å². The topological polar surface area (TPSA) is 56.9 Å². The zero-order chi connectivity index (χ0) is 17.5. The molecule has 7 heteroatoms. The van der Waals surface area contributed by atoms with E-state index in [9.17, 15) is 0 Å². The van der Waals surface area contributed by atoms with E-state index in [4.69, 9.17) is 29.6 Å². The first-order chi connectivity index (χ1) is 11.5. The molecule has 1 fully saturated rings. The second-order valence-corrected chi connectivity index (χ2v) is 6.79. The highest BCUT2D eigenvalue weighted by Gasteiger charge is 2.22. The summed E-state index contributed by atoms with van der Waals surface area (Å²) in [6.07, 6.45) is 4.08. The van der Waals surface area contributed by atoms with Crippen molar-refractivity contribution in [3.63, 3.8) is 0 Å². The molecule has 1 aliphatic rings. The van der Waals surface area contributed by atoms with Crippen molar-refractivity contribution in [2.24, 2.45) is 10.8 Å². The van der Waals surface area contributed by atoms with Crippen LogP contribution in [-0.4, -0.2) is 48.4 Å². The molecule has 2 rings (SSSR count). The predicted molar refractivity (Wildman–Crippen MR) is 107 cm³/mol. The quantitative estimate of drug-likeness (QED) is 0.460. The Bertz CT molecular complexity index is 580. The van der Waals surface area contributed by atoms with Gasteiger partial charge in [-0.2, -0.15) is 5.10 Å². The van der Waals surface area contributed by atoms with Gasteiger partial charge in [0.1, 0.15) is 0 Å². The number of nitrogens with one attached hydrogen (secondary N) is 1. The van der Waals surface area contributed by atoms with Crippen LogP contribution in [0.15, 0.2) is 23.3 Å². The van der Waals surface area contributed by atoms with Gasteiger partial charge in [0.25, 0.3) is 0 Å². The molecule has 1 heterocycles. The van der Waals surface area contributed by atoms with Crippen molar-refractivity contribution in [3.8, 4) is 0 Å². The average molecular weight is 368 g/mol. The lowest BCUT2D eigenvalue weighted by atomic mass is 10.1. The number of piperazine rings is 1. The summed E-state index contributed by atoms with van der Waals surface area (Å²) in [5.41, 5.74) is 9.86. The number of thiocarbonyl (C=S) groups is 1. The molecule has 132 valence electrons. The first-order valence-corrected chi connectivity index (χ1v) is 9.20. The first-order valence-electron chi connectivity index (χ1n) is 8.42. The lowest BCUT2D eigenvalue weighted by Gasteiger charge is -2.40. The van der Waals surface area contributed by atoms with E-state index in [1.54, 1.807) is 6.21 Å². The second-order valence-electron chi connectivity index (χ2n) is 5.94. The van der Waals surface area contributed by atoms with E-state index in [-0.39, 0.29) is 5.11 Å². The highest BCUT2D eigenvalue weighted by Crippen LogP contribution is 2.28. The van der Waals surface area contributed by atoms with Crippen molar-refractivity contribution >= 4 is 40.8 Å². The molecule has 5 nitrogen and oxygen atoms in total. The van der Waals surface area contributed by atoms with Crippen LogP contribution in [0, 0.1) is 0 Å². The lowest BCUT2D eigenvalue weighted by molar-refractivity contribution is 0.175. The normalized spacial score (nSPS) is 16.1. The number of rotatable bonds is 6. The standard InChI is InChI=1S/C17H26ClN5S/c1-3-14(4-2)22-7-9-23(10-8-22)16-6-5-13(11-15(16)18)12-20-21-17(19)24/h5-6,11-12,14H,3-4,7-10H2,1-2H3,(H3,19,21,24). The third kappa shape index (κ3) is 5.06. The van der Waals surface area contributed by atoms with Gasteiger partial charge in [0, 0.05) is 32.2 Å². The van der Waals surface area contributed by atoms with Crippen molar-refractivity contribution in [1.29, 1.82) is 0 Å². The van der Waals surface area contributed by atoms with Gasteiger partial charge in [-0.15, -0.1) is 0 Å². The number of hydrazone groups is 1. The summed E-state index contributed by atoms with van der Waals surface area (Å²) in [5, 5.41) is 4.84. The van der Waals surface area contributed by atoms with Crippen molar-refractivity contribution in [2.75, 3.05) is 31.1 Å². The Morgan fingerprint density at radius 1 is 1.33 bits per heavy atom. The van der Waals surface area contributed by atoms with E-state index in [0.29, 0.717) is 6.04 Å². The van der Waals surface area contributed by atoms with Crippen molar-refractivity contribution in [3.05, 3.63) is 28.8 Å². The Balaban J connectivity index is 1.98. The summed E-state index contributed by atoms with van der Waals surface area (Å²) in [7, 11) is 0. The molecule has 0 saturated carbocycles. The summed E-state index contributed by atoms with van der Waals surface area (Å²) in [6.45, 7) is 8.72. The Kier molecular flexibility index (Phi) is 7.27. The molecular weight excluding hydrogens is 342 g/mol. The molecule has 1 aromatic rings. The maximum absolute atomic E-state index is 6.47. The minimum atomic E-state index is 0.143. The van der Waals surface area contributed by atoms with Crippen LogP contribution in [-0.2, 0) is 0 Å². The molecular formula is C17H26ClN5S. The van der Waals surface area contributed by atoms with Gasteiger partial charge in [-0.1, -0.05) is 31.5 Å². The fraction of sp³-hybridized carbons (Fsp3) is 0.529. The average Bonchev–Trinajstić information content (AvgIpc) is 2.57. The van der Waals surface area contributed by atoms with Crippen LogP contribution in [0.3, 0.4) is 0 Å². The number of nitrogens with zero attached hydrogens (tertiary/aromatic N) is 3. The first kappa shape index (κ1) is 19.0. The van der Waals surface area contributed by atoms with Gasteiger partial charge in [0.05, 0.1) is 16.9 Å². The van der Waals surface area contributed by atoms with Crippen molar-refractivity contribution < 1.29 is 0 Å². The predicted octanol–water partition coefficient (Wildman–Crippen LogP) is 2.82. The second kappa shape index (κ2) is 9.20. The smallest absolute Gasteiger partial charge is 0.184 e. The van der Waals surface area contributed by atoms with E-state index in [1.165, 1.54) is 12.8 Å². The zero-order valence-corrected chi connectivity index (χ0v) is 15.9. The molecule has 0 spiro atoms. The van der Waals surface area contributed by atoms with Crippen LogP contribution in [0.4, 0.5) is 5.69 Å². The maximum Gasteiger partial charge on any atom is 0.184 e. The fourth-order valence-corrected chi connectivity index (χ4v) is 3.52. The van der Waals surface area contributed by atoms with Crippen LogP contribution in [0.1, 0.15) is 32.3 Å². The van der Waals surface area contributed by atoms with Gasteiger partial charge < -0.3 is 10.6 Å². The molecule has 24 heavy (non-hydrogen) atoms. The number of nitrogens with two attached hydrogens (primary N) is 1. The molecule has 3 N–H and O–H groups in total. The highest BCUT2D eigenvalue weighted by molar-refractivity contribution is 7.80. The molecule has 0 atom stereocenters. The molecule has 0 aliphatic carbocycles. The van der Waals surface area contributed by atoms with Gasteiger partial charge >= 0.3 is 0 Å². The van der Waals surface area contributed by atoms with Gasteiger partial charge in [0.2, 0.25) is 0 Å². The fourth-order valence-electron chi connectivity index (χ4n) is 3.16. The summed E-state index contributed by atoms with van der Waals surface area (Å²) in [4.78, 5) is 4.95. The van der Waals surface area contributed by atoms with E-state index >= 15 is 0 Å². The minimum Gasteiger partial charge on any atom is -0.375 e. The van der Waals surface area contributed by atoms with Gasteiger partial charge in [-0.05, 0) is 42.8 Å². The molecule has 0 bridgehead atoms. The summed E-state index contributed by atoms with van der Waals surface area (Å²) in [5.74, 6) is 0. The molecule has 0 unspecified atom stereocenters. The molecule has 0 amide bonds. The van der Waals surface area contributed by atoms with Gasteiger partial charge in [-0.3, -0.25) is 10.3 Å². The molecule has 0 aromatic heterocycles.